The van der Waals surface area contributed by atoms with Gasteiger partial charge in [0.15, 0.2) is 17.5 Å². The normalized spacial score (nSPS) is 11.8. The van der Waals surface area contributed by atoms with Crippen molar-refractivity contribution in [2.45, 2.75) is 0 Å². The lowest BCUT2D eigenvalue weighted by molar-refractivity contribution is 0.669. The van der Waals surface area contributed by atoms with Crippen molar-refractivity contribution in [2.75, 3.05) is 0 Å². The number of aromatic nitrogens is 3. The van der Waals surface area contributed by atoms with Gasteiger partial charge < -0.3 is 4.42 Å². The van der Waals surface area contributed by atoms with E-state index in [0.29, 0.717) is 17.5 Å². The topological polar surface area (TPSA) is 51.8 Å². The molecule has 218 valence electrons. The van der Waals surface area contributed by atoms with Gasteiger partial charge in [-0.1, -0.05) is 127 Å². The number of hydrogen-bond acceptors (Lipinski definition) is 4. The maximum absolute atomic E-state index is 6.20. The lowest BCUT2D eigenvalue weighted by Crippen LogP contribution is -2.00. The first-order valence-electron chi connectivity index (χ1n) is 15.8. The van der Waals surface area contributed by atoms with Crippen LogP contribution in [0.4, 0.5) is 0 Å². The zero-order valence-electron chi connectivity index (χ0n) is 25.2. The Bertz CT molecular complexity index is 2690. The van der Waals surface area contributed by atoms with Crippen LogP contribution in [0.3, 0.4) is 0 Å². The van der Waals surface area contributed by atoms with Crippen LogP contribution in [0.5, 0.6) is 0 Å². The third kappa shape index (κ3) is 4.05. The summed E-state index contributed by atoms with van der Waals surface area (Å²) >= 11 is 0. The maximum atomic E-state index is 6.20. The van der Waals surface area contributed by atoms with Gasteiger partial charge in [-0.2, -0.15) is 0 Å². The number of benzene rings is 7. The Morgan fingerprint density at radius 2 is 0.936 bits per heavy atom. The van der Waals surface area contributed by atoms with E-state index in [1.165, 1.54) is 33.0 Å². The highest BCUT2D eigenvalue weighted by Gasteiger charge is 2.22. The number of furan rings is 1. The van der Waals surface area contributed by atoms with Gasteiger partial charge in [0.2, 0.25) is 0 Å². The summed E-state index contributed by atoms with van der Waals surface area (Å²) in [5.74, 6) is 1.92. The molecule has 4 heteroatoms. The van der Waals surface area contributed by atoms with E-state index in [0.717, 1.165) is 49.8 Å². The first-order valence-corrected chi connectivity index (χ1v) is 15.8. The largest absolute Gasteiger partial charge is 0.456 e. The summed E-state index contributed by atoms with van der Waals surface area (Å²) in [7, 11) is 0. The molecular formula is C43H25N3O. The molecule has 9 aromatic rings. The van der Waals surface area contributed by atoms with Crippen molar-refractivity contribution < 1.29 is 4.42 Å². The van der Waals surface area contributed by atoms with Crippen LogP contribution in [0, 0.1) is 0 Å². The van der Waals surface area contributed by atoms with Gasteiger partial charge in [0, 0.05) is 27.5 Å². The Kier molecular flexibility index (Phi) is 5.54. The monoisotopic (exact) mass is 599 g/mol. The van der Waals surface area contributed by atoms with E-state index >= 15 is 0 Å². The molecule has 2 aromatic heterocycles. The molecule has 0 spiro atoms. The van der Waals surface area contributed by atoms with Crippen molar-refractivity contribution in [3.63, 3.8) is 0 Å². The second kappa shape index (κ2) is 10.1. The standard InChI is InChI=1S/C43H25N3O/c1-2-10-27(11-3-1)41-44-42(29-15-6-14-28(24-29)31-17-9-21-38-40(31)35-16-4-5-20-37(35)47-38)46-43(45-41)30-22-23-32-33-18-7-12-26-13-8-19-34(39(26)33)36(32)25-30/h1-25H. The predicted octanol–water partition coefficient (Wildman–Crippen LogP) is 11.2. The zero-order valence-corrected chi connectivity index (χ0v) is 25.2. The average Bonchev–Trinajstić information content (AvgIpc) is 3.69. The molecular weight excluding hydrogens is 574 g/mol. The van der Waals surface area contributed by atoms with Crippen molar-refractivity contribution in [3.8, 4) is 67.5 Å². The number of rotatable bonds is 4. The van der Waals surface area contributed by atoms with E-state index in [4.69, 9.17) is 19.4 Å². The second-order valence-corrected chi connectivity index (χ2v) is 12.0. The molecule has 0 amide bonds. The molecule has 2 heterocycles. The van der Waals surface area contributed by atoms with Crippen LogP contribution in [0.25, 0.3) is 100 Å². The third-order valence-electron chi connectivity index (χ3n) is 9.26. The summed E-state index contributed by atoms with van der Waals surface area (Å²) in [5.41, 5.74) is 11.7. The second-order valence-electron chi connectivity index (χ2n) is 12.0. The summed E-state index contributed by atoms with van der Waals surface area (Å²) in [6, 6.07) is 52.7. The fourth-order valence-electron chi connectivity index (χ4n) is 7.12. The molecule has 1 aliphatic rings. The number of fused-ring (bicyclic) bond motifs is 6. The molecule has 10 rings (SSSR count). The van der Waals surface area contributed by atoms with E-state index in [2.05, 4.69) is 97.1 Å². The highest BCUT2D eigenvalue weighted by molar-refractivity contribution is 6.16. The Balaban J connectivity index is 1.15. The fraction of sp³-hybridized carbons (Fsp3) is 0. The Hall–Kier alpha value is -6.39. The van der Waals surface area contributed by atoms with Gasteiger partial charge in [-0.3, -0.25) is 0 Å². The average molecular weight is 600 g/mol. The van der Waals surface area contributed by atoms with Crippen LogP contribution < -0.4 is 0 Å². The van der Waals surface area contributed by atoms with Gasteiger partial charge in [-0.15, -0.1) is 0 Å². The molecule has 0 N–H and O–H groups in total. The fourth-order valence-corrected chi connectivity index (χ4v) is 7.12. The first kappa shape index (κ1) is 25.9. The van der Waals surface area contributed by atoms with Crippen molar-refractivity contribution in [2.24, 2.45) is 0 Å². The van der Waals surface area contributed by atoms with E-state index in [-0.39, 0.29) is 0 Å². The van der Waals surface area contributed by atoms with Crippen LogP contribution in [-0.4, -0.2) is 15.0 Å². The molecule has 7 aromatic carbocycles. The minimum absolute atomic E-state index is 0.630. The molecule has 0 saturated heterocycles. The SMILES string of the molecule is c1ccc(-c2nc(-c3cccc(-c4cccc5oc6ccccc6c45)c3)nc(-c3ccc4c(c3)-c3cccc5cccc-4c35)n2)cc1. The van der Waals surface area contributed by atoms with Crippen molar-refractivity contribution in [3.05, 3.63) is 152 Å². The first-order chi connectivity index (χ1) is 23.3. The van der Waals surface area contributed by atoms with E-state index < -0.39 is 0 Å². The van der Waals surface area contributed by atoms with Crippen LogP contribution in [0.2, 0.25) is 0 Å². The molecule has 0 saturated carbocycles. The van der Waals surface area contributed by atoms with Gasteiger partial charge in [-0.05, 0) is 68.4 Å². The number of nitrogens with zero attached hydrogens (tertiary/aromatic N) is 3. The van der Waals surface area contributed by atoms with Crippen LogP contribution in [0.1, 0.15) is 0 Å². The van der Waals surface area contributed by atoms with E-state index in [1.807, 2.05) is 54.6 Å². The Morgan fingerprint density at radius 1 is 0.340 bits per heavy atom. The third-order valence-corrected chi connectivity index (χ3v) is 9.26. The van der Waals surface area contributed by atoms with Gasteiger partial charge in [0.1, 0.15) is 11.2 Å². The molecule has 0 atom stereocenters. The molecule has 0 unspecified atom stereocenters. The zero-order chi connectivity index (χ0) is 30.9. The van der Waals surface area contributed by atoms with E-state index in [9.17, 15) is 0 Å². The maximum Gasteiger partial charge on any atom is 0.164 e. The van der Waals surface area contributed by atoms with Crippen molar-refractivity contribution >= 4 is 32.7 Å². The lowest BCUT2D eigenvalue weighted by Gasteiger charge is -2.11. The minimum Gasteiger partial charge on any atom is -0.456 e. The molecule has 0 radical (unpaired) electrons. The lowest BCUT2D eigenvalue weighted by atomic mass is 9.97. The molecule has 0 aliphatic heterocycles. The Morgan fingerprint density at radius 3 is 1.77 bits per heavy atom. The van der Waals surface area contributed by atoms with Crippen molar-refractivity contribution in [1.82, 2.24) is 15.0 Å². The highest BCUT2D eigenvalue weighted by atomic mass is 16.3. The summed E-state index contributed by atoms with van der Waals surface area (Å²) < 4.78 is 6.20. The quantitative estimate of drug-likeness (QED) is 0.202. The smallest absolute Gasteiger partial charge is 0.164 e. The number of para-hydroxylation sites is 1. The summed E-state index contributed by atoms with van der Waals surface area (Å²) in [6.45, 7) is 0. The molecule has 47 heavy (non-hydrogen) atoms. The van der Waals surface area contributed by atoms with Gasteiger partial charge in [-0.25, -0.2) is 15.0 Å². The van der Waals surface area contributed by atoms with Crippen LogP contribution >= 0.6 is 0 Å². The summed E-state index contributed by atoms with van der Waals surface area (Å²) in [6.07, 6.45) is 0. The molecule has 1 aliphatic carbocycles. The van der Waals surface area contributed by atoms with Crippen molar-refractivity contribution in [1.29, 1.82) is 0 Å². The summed E-state index contributed by atoms with van der Waals surface area (Å²) in [5, 5.41) is 4.77. The Labute approximate surface area is 270 Å². The van der Waals surface area contributed by atoms with Gasteiger partial charge >= 0.3 is 0 Å². The summed E-state index contributed by atoms with van der Waals surface area (Å²) in [4.78, 5) is 15.2. The number of hydrogen-bond donors (Lipinski definition) is 0. The molecule has 0 bridgehead atoms. The predicted molar refractivity (Wildman–Crippen MR) is 191 cm³/mol. The molecule has 0 fully saturated rings. The van der Waals surface area contributed by atoms with E-state index in [1.54, 1.807) is 0 Å². The minimum atomic E-state index is 0.630. The van der Waals surface area contributed by atoms with Gasteiger partial charge in [0.25, 0.3) is 0 Å². The molecule has 4 nitrogen and oxygen atoms in total. The van der Waals surface area contributed by atoms with Crippen LogP contribution in [-0.2, 0) is 0 Å². The van der Waals surface area contributed by atoms with Gasteiger partial charge in [0.05, 0.1) is 0 Å². The van der Waals surface area contributed by atoms with Crippen LogP contribution in [0.15, 0.2) is 156 Å². The highest BCUT2D eigenvalue weighted by Crippen LogP contribution is 2.48.